The molecule has 0 spiro atoms. The van der Waals surface area contributed by atoms with Gasteiger partial charge in [-0.3, -0.25) is 9.88 Å². The van der Waals surface area contributed by atoms with E-state index in [9.17, 15) is 19.1 Å². The number of aromatic nitrogens is 1. The highest BCUT2D eigenvalue weighted by Crippen LogP contribution is 2.35. The predicted molar refractivity (Wildman–Crippen MR) is 63.9 cm³/mol. The third-order valence-corrected chi connectivity index (χ3v) is 2.96. The van der Waals surface area contributed by atoms with Crippen LogP contribution in [-0.4, -0.2) is 50.0 Å². The van der Waals surface area contributed by atoms with E-state index in [-0.39, 0.29) is 5.69 Å². The van der Waals surface area contributed by atoms with Gasteiger partial charge < -0.3 is 15.3 Å². The van der Waals surface area contributed by atoms with Gasteiger partial charge in [-0.1, -0.05) is 6.07 Å². The van der Waals surface area contributed by atoms with Crippen LogP contribution in [-0.2, 0) is 4.79 Å². The molecule has 106 valence electrons. The molecule has 7 nitrogen and oxygen atoms in total. The summed E-state index contributed by atoms with van der Waals surface area (Å²) >= 11 is 0. The second-order valence-electron chi connectivity index (χ2n) is 4.16. The highest BCUT2D eigenvalue weighted by atomic mass is 19.1. The maximum atomic E-state index is 13.6. The number of hydrogen-bond donors (Lipinski definition) is 3. The molecule has 2 rings (SSSR count). The van der Waals surface area contributed by atoms with Crippen LogP contribution in [0.25, 0.3) is 0 Å². The maximum Gasteiger partial charge on any atom is 0.408 e. The Morgan fingerprint density at radius 2 is 2.05 bits per heavy atom. The molecule has 0 fully saturated rings. The number of amides is 1. The first-order chi connectivity index (χ1) is 9.43. The smallest absolute Gasteiger partial charge is 0.408 e. The Bertz CT molecular complexity index is 574. The molecule has 1 aromatic heterocycles. The van der Waals surface area contributed by atoms with Crippen LogP contribution in [0.3, 0.4) is 0 Å². The van der Waals surface area contributed by atoms with Gasteiger partial charge >= 0.3 is 12.1 Å². The lowest BCUT2D eigenvalue weighted by Gasteiger charge is -2.34. The summed E-state index contributed by atoms with van der Waals surface area (Å²) in [6.07, 6.45) is -2.21. The number of pyridine rings is 1. The van der Waals surface area contributed by atoms with E-state index in [4.69, 9.17) is 10.2 Å². The fourth-order valence-corrected chi connectivity index (χ4v) is 2.09. The zero-order chi connectivity index (χ0) is 14.9. The van der Waals surface area contributed by atoms with Crippen molar-refractivity contribution in [3.63, 3.8) is 0 Å². The third-order valence-electron chi connectivity index (χ3n) is 2.96. The largest absolute Gasteiger partial charge is 0.508 e. The summed E-state index contributed by atoms with van der Waals surface area (Å²) in [4.78, 5) is 26.9. The number of carboxylic acid groups (broad SMARTS) is 2. The highest BCUT2D eigenvalue weighted by molar-refractivity contribution is 5.90. The van der Waals surface area contributed by atoms with E-state index < -0.39 is 42.2 Å². The summed E-state index contributed by atoms with van der Waals surface area (Å²) in [5.41, 5.74) is -0.615. The molecule has 3 N–H and O–H groups in total. The van der Waals surface area contributed by atoms with Gasteiger partial charge in [0.1, 0.15) is 17.4 Å². The minimum absolute atomic E-state index is 0.103. The summed E-state index contributed by atoms with van der Waals surface area (Å²) in [5, 5.41) is 27.8. The number of aliphatic carboxylic acids is 1. The monoisotopic (exact) mass is 282 g/mol. The van der Waals surface area contributed by atoms with Crippen molar-refractivity contribution in [1.29, 1.82) is 0 Å². The number of halogens is 1. The normalized spacial score (nSPS) is 22.8. The van der Waals surface area contributed by atoms with E-state index in [0.29, 0.717) is 4.90 Å². The maximum absolute atomic E-state index is 13.6. The van der Waals surface area contributed by atoms with Crippen molar-refractivity contribution < 1.29 is 29.3 Å². The van der Waals surface area contributed by atoms with Gasteiger partial charge in [-0.05, 0) is 12.1 Å². The highest BCUT2D eigenvalue weighted by Gasteiger charge is 2.42. The van der Waals surface area contributed by atoms with Gasteiger partial charge in [-0.2, -0.15) is 0 Å². The predicted octanol–water partition coefficient (Wildman–Crippen LogP) is 1.35. The lowest BCUT2D eigenvalue weighted by Crippen LogP contribution is -2.45. The zero-order valence-electron chi connectivity index (χ0n) is 10.1. The molecule has 2 heterocycles. The molecular weight excluding hydrogens is 271 g/mol. The van der Waals surface area contributed by atoms with Crippen LogP contribution < -0.4 is 0 Å². The molecule has 1 aromatic rings. The lowest BCUT2D eigenvalue weighted by molar-refractivity contribution is -0.134. The van der Waals surface area contributed by atoms with Crippen LogP contribution >= 0.6 is 0 Å². The van der Waals surface area contributed by atoms with E-state index in [1.165, 1.54) is 12.3 Å². The summed E-state index contributed by atoms with van der Waals surface area (Å²) < 4.78 is 13.6. The van der Waals surface area contributed by atoms with Crippen molar-refractivity contribution in [2.75, 3.05) is 6.54 Å². The van der Waals surface area contributed by atoms with Crippen LogP contribution in [0.4, 0.5) is 9.18 Å². The summed E-state index contributed by atoms with van der Waals surface area (Å²) in [5.74, 6) is -2.56. The molecule has 20 heavy (non-hydrogen) atoms. The van der Waals surface area contributed by atoms with Crippen LogP contribution in [0, 0.1) is 0 Å². The summed E-state index contributed by atoms with van der Waals surface area (Å²) in [7, 11) is 0. The van der Waals surface area contributed by atoms with E-state index >= 15 is 0 Å². The minimum atomic E-state index is -2.07. The average Bonchev–Trinajstić information content (AvgIpc) is 2.41. The topological polar surface area (TPSA) is 111 Å². The van der Waals surface area contributed by atoms with Crippen LogP contribution in [0.5, 0.6) is 0 Å². The average molecular weight is 282 g/mol. The number of hydrogen-bond acceptors (Lipinski definition) is 4. The molecule has 0 bridgehead atoms. The van der Waals surface area contributed by atoms with Gasteiger partial charge in [-0.25, -0.2) is 14.0 Å². The van der Waals surface area contributed by atoms with Gasteiger partial charge in [0.05, 0.1) is 12.2 Å². The summed E-state index contributed by atoms with van der Waals surface area (Å²) in [6.45, 7) is -0.654. The van der Waals surface area contributed by atoms with Crippen LogP contribution in [0.2, 0.25) is 0 Å². The van der Waals surface area contributed by atoms with E-state index in [2.05, 4.69) is 4.98 Å². The Morgan fingerprint density at radius 1 is 1.35 bits per heavy atom. The van der Waals surface area contributed by atoms with E-state index in [1.54, 1.807) is 12.1 Å². The van der Waals surface area contributed by atoms with Gasteiger partial charge in [0.25, 0.3) is 0 Å². The number of alkyl halides is 1. The van der Waals surface area contributed by atoms with Gasteiger partial charge in [-0.15, -0.1) is 0 Å². The SMILES string of the molecule is O=C(O)C1=C(O)C(F)CN(C(=O)O)C1c1ccccn1. The first-order valence-electron chi connectivity index (χ1n) is 5.64. The van der Waals surface area contributed by atoms with Crippen LogP contribution in [0.15, 0.2) is 35.7 Å². The van der Waals surface area contributed by atoms with Gasteiger partial charge in [0.2, 0.25) is 0 Å². The Labute approximate surface area is 112 Å². The Kier molecular flexibility index (Phi) is 3.55. The molecule has 1 aliphatic heterocycles. The Balaban J connectivity index is 2.61. The molecule has 8 heteroatoms. The molecule has 0 aliphatic carbocycles. The van der Waals surface area contributed by atoms with Crippen molar-refractivity contribution in [2.45, 2.75) is 12.2 Å². The second kappa shape index (κ2) is 5.16. The molecule has 2 atom stereocenters. The van der Waals surface area contributed by atoms with E-state index in [0.717, 1.165) is 0 Å². The molecular formula is C12H11FN2O5. The molecule has 1 aliphatic rings. The number of aliphatic hydroxyl groups excluding tert-OH is 1. The Morgan fingerprint density at radius 3 is 2.55 bits per heavy atom. The number of rotatable bonds is 2. The Hall–Kier alpha value is -2.64. The minimum Gasteiger partial charge on any atom is -0.508 e. The zero-order valence-corrected chi connectivity index (χ0v) is 10.1. The number of nitrogens with zero attached hydrogens (tertiary/aromatic N) is 2. The van der Waals surface area contributed by atoms with Crippen molar-refractivity contribution in [2.24, 2.45) is 0 Å². The van der Waals surface area contributed by atoms with Crippen molar-refractivity contribution in [3.05, 3.63) is 41.4 Å². The number of carboxylic acids is 1. The number of aliphatic hydroxyl groups is 1. The van der Waals surface area contributed by atoms with Gasteiger partial charge in [0, 0.05) is 6.20 Å². The molecule has 2 unspecified atom stereocenters. The first kappa shape index (κ1) is 13.8. The first-order valence-corrected chi connectivity index (χ1v) is 5.64. The fourth-order valence-electron chi connectivity index (χ4n) is 2.09. The standard InChI is InChI=1S/C12H11FN2O5/c13-6-5-15(12(19)20)9(7-3-1-2-4-14-7)8(10(6)16)11(17)18/h1-4,6,9,16H,5H2,(H,17,18)(H,19,20). The van der Waals surface area contributed by atoms with Crippen molar-refractivity contribution >= 4 is 12.1 Å². The van der Waals surface area contributed by atoms with Gasteiger partial charge in [0.15, 0.2) is 6.17 Å². The van der Waals surface area contributed by atoms with Crippen LogP contribution in [0.1, 0.15) is 11.7 Å². The number of carbonyl (C=O) groups is 2. The lowest BCUT2D eigenvalue weighted by atomic mass is 9.94. The quantitative estimate of drug-likeness (QED) is 0.755. The second-order valence-corrected chi connectivity index (χ2v) is 4.16. The molecule has 0 aromatic carbocycles. The van der Waals surface area contributed by atoms with Crippen molar-refractivity contribution in [3.8, 4) is 0 Å². The van der Waals surface area contributed by atoms with E-state index in [1.807, 2.05) is 0 Å². The third kappa shape index (κ3) is 2.27. The fraction of sp³-hybridized carbons (Fsp3) is 0.250. The molecule has 0 saturated carbocycles. The summed E-state index contributed by atoms with van der Waals surface area (Å²) in [6, 6.07) is 3.17. The molecule has 0 radical (unpaired) electrons. The molecule has 1 amide bonds. The van der Waals surface area contributed by atoms with Crippen molar-refractivity contribution in [1.82, 2.24) is 9.88 Å². The molecule has 0 saturated heterocycles.